The summed E-state index contributed by atoms with van der Waals surface area (Å²) >= 11 is 0. The van der Waals surface area contributed by atoms with E-state index in [2.05, 4.69) is 0 Å². The van der Waals surface area contributed by atoms with E-state index in [0.717, 1.165) is 58.0 Å². The van der Waals surface area contributed by atoms with Crippen LogP contribution in [0.4, 0.5) is 0 Å². The Kier molecular flexibility index (Phi) is 5.22. The highest BCUT2D eigenvalue weighted by Gasteiger charge is 2.33. The van der Waals surface area contributed by atoms with Gasteiger partial charge in [0.2, 0.25) is 5.91 Å². The number of nitrogens with zero attached hydrogens (tertiary/aromatic N) is 1. The maximum absolute atomic E-state index is 12.4. The van der Waals surface area contributed by atoms with Gasteiger partial charge in [0, 0.05) is 31.7 Å². The van der Waals surface area contributed by atoms with E-state index >= 15 is 0 Å². The lowest BCUT2D eigenvalue weighted by Crippen LogP contribution is -2.49. The van der Waals surface area contributed by atoms with Gasteiger partial charge < -0.3 is 15.7 Å². The first-order valence-electron chi connectivity index (χ1n) is 7.80. The number of nitrogens with two attached hydrogens (primary N) is 1. The summed E-state index contributed by atoms with van der Waals surface area (Å²) in [4.78, 5) is 14.4. The lowest BCUT2D eigenvalue weighted by molar-refractivity contribution is -0.134. The third kappa shape index (κ3) is 4.18. The second kappa shape index (κ2) is 6.71. The summed E-state index contributed by atoms with van der Waals surface area (Å²) in [5.41, 5.74) is 6.12. The molecule has 19 heavy (non-hydrogen) atoms. The van der Waals surface area contributed by atoms with Crippen LogP contribution in [0.3, 0.4) is 0 Å². The zero-order chi connectivity index (χ0) is 13.7. The van der Waals surface area contributed by atoms with Gasteiger partial charge in [-0.3, -0.25) is 4.79 Å². The first-order chi connectivity index (χ1) is 9.13. The van der Waals surface area contributed by atoms with E-state index in [1.807, 2.05) is 4.90 Å². The van der Waals surface area contributed by atoms with Crippen LogP contribution in [0.25, 0.3) is 0 Å². The SMILES string of the molecule is NC1(CC(=O)N2CCCC(CCO)C2)CCCCC1. The lowest BCUT2D eigenvalue weighted by atomic mass is 9.79. The number of carbonyl (C=O) groups is 1. The average molecular weight is 268 g/mol. The smallest absolute Gasteiger partial charge is 0.224 e. The van der Waals surface area contributed by atoms with Crippen molar-refractivity contribution in [3.05, 3.63) is 0 Å². The Bertz CT molecular complexity index is 299. The molecule has 2 rings (SSSR count). The van der Waals surface area contributed by atoms with Crippen LogP contribution in [0, 0.1) is 5.92 Å². The average Bonchev–Trinajstić information content (AvgIpc) is 2.40. The van der Waals surface area contributed by atoms with Gasteiger partial charge >= 0.3 is 0 Å². The minimum atomic E-state index is -0.251. The standard InChI is InChI=1S/C15H28N2O2/c16-15(7-2-1-3-8-15)11-14(19)17-9-4-5-13(12-17)6-10-18/h13,18H,1-12,16H2. The van der Waals surface area contributed by atoms with Crippen LogP contribution in [0.1, 0.15) is 57.8 Å². The Balaban J connectivity index is 1.84. The number of aliphatic hydroxyl groups is 1. The second-order valence-corrected chi connectivity index (χ2v) is 6.46. The Morgan fingerprint density at radius 1 is 1.26 bits per heavy atom. The molecule has 0 radical (unpaired) electrons. The number of hydrogen-bond donors (Lipinski definition) is 2. The first-order valence-corrected chi connectivity index (χ1v) is 7.80. The van der Waals surface area contributed by atoms with Crippen molar-refractivity contribution in [3.8, 4) is 0 Å². The highest BCUT2D eigenvalue weighted by molar-refractivity contribution is 5.77. The summed E-state index contributed by atoms with van der Waals surface area (Å²) in [5.74, 6) is 0.704. The van der Waals surface area contributed by atoms with Gasteiger partial charge in [0.05, 0.1) is 0 Å². The molecule has 1 saturated carbocycles. The van der Waals surface area contributed by atoms with E-state index in [1.54, 1.807) is 0 Å². The van der Waals surface area contributed by atoms with Gasteiger partial charge in [0.15, 0.2) is 0 Å². The summed E-state index contributed by atoms with van der Waals surface area (Å²) in [7, 11) is 0. The fourth-order valence-electron chi connectivity index (χ4n) is 3.56. The molecule has 0 spiro atoms. The van der Waals surface area contributed by atoms with Crippen molar-refractivity contribution in [3.63, 3.8) is 0 Å². The quantitative estimate of drug-likeness (QED) is 0.815. The van der Waals surface area contributed by atoms with Crippen LogP contribution in [0.5, 0.6) is 0 Å². The number of likely N-dealkylation sites (tertiary alicyclic amines) is 1. The molecule has 0 bridgehead atoms. The van der Waals surface area contributed by atoms with Gasteiger partial charge in [-0.25, -0.2) is 0 Å². The molecule has 4 nitrogen and oxygen atoms in total. The minimum Gasteiger partial charge on any atom is -0.396 e. The van der Waals surface area contributed by atoms with Crippen molar-refractivity contribution in [2.24, 2.45) is 11.7 Å². The molecule has 0 aromatic heterocycles. The van der Waals surface area contributed by atoms with Crippen molar-refractivity contribution in [2.45, 2.75) is 63.3 Å². The number of aliphatic hydroxyl groups excluding tert-OH is 1. The van der Waals surface area contributed by atoms with Crippen LogP contribution in [0.2, 0.25) is 0 Å². The van der Waals surface area contributed by atoms with Crippen molar-refractivity contribution >= 4 is 5.91 Å². The number of carbonyl (C=O) groups excluding carboxylic acids is 1. The van der Waals surface area contributed by atoms with Crippen LogP contribution in [-0.4, -0.2) is 41.1 Å². The highest BCUT2D eigenvalue weighted by Crippen LogP contribution is 2.30. The molecule has 1 aliphatic carbocycles. The molecule has 0 aromatic carbocycles. The molecule has 110 valence electrons. The predicted molar refractivity (Wildman–Crippen MR) is 75.6 cm³/mol. The van der Waals surface area contributed by atoms with Gasteiger partial charge in [-0.15, -0.1) is 0 Å². The predicted octanol–water partition coefficient (Wildman–Crippen LogP) is 1.66. The summed E-state index contributed by atoms with van der Waals surface area (Å²) in [5, 5.41) is 9.02. The van der Waals surface area contributed by atoms with Gasteiger partial charge in [-0.05, 0) is 38.0 Å². The fraction of sp³-hybridized carbons (Fsp3) is 0.933. The molecule has 1 aliphatic heterocycles. The number of piperidine rings is 1. The van der Waals surface area contributed by atoms with Gasteiger partial charge in [0.25, 0.3) is 0 Å². The molecule has 1 unspecified atom stereocenters. The van der Waals surface area contributed by atoms with E-state index in [1.165, 1.54) is 6.42 Å². The van der Waals surface area contributed by atoms with Gasteiger partial charge in [0.1, 0.15) is 0 Å². The zero-order valence-corrected chi connectivity index (χ0v) is 11.9. The largest absolute Gasteiger partial charge is 0.396 e. The number of rotatable bonds is 4. The van der Waals surface area contributed by atoms with E-state index in [0.29, 0.717) is 12.3 Å². The second-order valence-electron chi connectivity index (χ2n) is 6.46. The maximum Gasteiger partial charge on any atom is 0.224 e. The lowest BCUT2D eigenvalue weighted by Gasteiger charge is -2.37. The molecular formula is C15H28N2O2. The summed E-state index contributed by atoms with van der Waals surface area (Å²) < 4.78 is 0. The van der Waals surface area contributed by atoms with Gasteiger partial charge in [-0.2, -0.15) is 0 Å². The number of hydrogen-bond acceptors (Lipinski definition) is 3. The van der Waals surface area contributed by atoms with E-state index in [4.69, 9.17) is 10.8 Å². The van der Waals surface area contributed by atoms with Crippen molar-refractivity contribution in [1.82, 2.24) is 4.90 Å². The maximum atomic E-state index is 12.4. The van der Waals surface area contributed by atoms with Crippen LogP contribution < -0.4 is 5.73 Å². The topological polar surface area (TPSA) is 66.6 Å². The van der Waals surface area contributed by atoms with Crippen LogP contribution in [0.15, 0.2) is 0 Å². The molecule has 4 heteroatoms. The van der Waals surface area contributed by atoms with Crippen molar-refractivity contribution < 1.29 is 9.90 Å². The van der Waals surface area contributed by atoms with E-state index in [-0.39, 0.29) is 18.1 Å². The molecular weight excluding hydrogens is 240 g/mol. The van der Waals surface area contributed by atoms with Crippen LogP contribution in [-0.2, 0) is 4.79 Å². The third-order valence-corrected chi connectivity index (χ3v) is 4.76. The Hall–Kier alpha value is -0.610. The van der Waals surface area contributed by atoms with Gasteiger partial charge in [-0.1, -0.05) is 19.3 Å². The summed E-state index contributed by atoms with van der Waals surface area (Å²) in [6.07, 6.45) is 9.10. The van der Waals surface area contributed by atoms with Crippen molar-refractivity contribution in [1.29, 1.82) is 0 Å². The fourth-order valence-corrected chi connectivity index (χ4v) is 3.56. The third-order valence-electron chi connectivity index (χ3n) is 4.76. The highest BCUT2D eigenvalue weighted by atomic mass is 16.3. The Morgan fingerprint density at radius 2 is 2.00 bits per heavy atom. The molecule has 0 aromatic rings. The van der Waals surface area contributed by atoms with E-state index < -0.39 is 0 Å². The Morgan fingerprint density at radius 3 is 2.68 bits per heavy atom. The molecule has 2 aliphatic rings. The molecule has 1 atom stereocenters. The monoisotopic (exact) mass is 268 g/mol. The number of amides is 1. The molecule has 2 fully saturated rings. The Labute approximate surface area is 116 Å². The zero-order valence-electron chi connectivity index (χ0n) is 11.9. The van der Waals surface area contributed by atoms with E-state index in [9.17, 15) is 4.79 Å². The first kappa shape index (κ1) is 14.8. The molecule has 1 heterocycles. The van der Waals surface area contributed by atoms with Crippen molar-refractivity contribution in [2.75, 3.05) is 19.7 Å². The molecule has 1 saturated heterocycles. The normalized spacial score (nSPS) is 27.3. The molecule has 3 N–H and O–H groups in total. The molecule has 1 amide bonds. The summed E-state index contributed by atoms with van der Waals surface area (Å²) in [6.45, 7) is 1.92. The summed E-state index contributed by atoms with van der Waals surface area (Å²) in [6, 6.07) is 0. The van der Waals surface area contributed by atoms with Crippen LogP contribution >= 0.6 is 0 Å². The minimum absolute atomic E-state index is 0.229.